The highest BCUT2D eigenvalue weighted by Gasteiger charge is 2.36. The fourth-order valence-electron chi connectivity index (χ4n) is 3.47. The van der Waals surface area contributed by atoms with Crippen molar-refractivity contribution in [1.29, 1.82) is 0 Å². The Labute approximate surface area is 135 Å². The second-order valence-electron chi connectivity index (χ2n) is 6.52. The molecule has 0 amide bonds. The van der Waals surface area contributed by atoms with Crippen molar-refractivity contribution >= 4 is 11.4 Å². The molecule has 4 rings (SSSR count). The van der Waals surface area contributed by atoms with Crippen molar-refractivity contribution in [2.24, 2.45) is 0 Å². The van der Waals surface area contributed by atoms with Crippen molar-refractivity contribution in [3.8, 4) is 11.1 Å². The van der Waals surface area contributed by atoms with Gasteiger partial charge < -0.3 is 0 Å². The zero-order valence-electron chi connectivity index (χ0n) is 13.3. The summed E-state index contributed by atoms with van der Waals surface area (Å²) in [5.41, 5.74) is 5.32. The molecule has 1 nitrogen and oxygen atoms in total. The van der Waals surface area contributed by atoms with Gasteiger partial charge >= 0.3 is 0 Å². The van der Waals surface area contributed by atoms with Crippen LogP contribution in [0.2, 0.25) is 0 Å². The first-order valence-electron chi connectivity index (χ1n) is 7.84. The predicted molar refractivity (Wildman–Crippen MR) is 93.7 cm³/mol. The Balaban J connectivity index is 1.93. The largest absolute Gasteiger partial charge is 0.179 e. The van der Waals surface area contributed by atoms with Crippen LogP contribution in [0.3, 0.4) is 0 Å². The van der Waals surface area contributed by atoms with Gasteiger partial charge in [-0.1, -0.05) is 72.9 Å². The summed E-state index contributed by atoms with van der Waals surface area (Å²) in [5.74, 6) is 0. The van der Waals surface area contributed by atoms with Crippen LogP contribution in [0.1, 0.15) is 25.0 Å². The topological polar surface area (TPSA) is 3.24 Å². The van der Waals surface area contributed by atoms with Crippen LogP contribution in [0, 0.1) is 0 Å². The van der Waals surface area contributed by atoms with E-state index in [2.05, 4.69) is 32.0 Å². The lowest BCUT2D eigenvalue weighted by molar-refractivity contribution is 0.478. The van der Waals surface area contributed by atoms with Crippen LogP contribution >= 0.6 is 0 Å². The number of hydrogen-bond donors (Lipinski definition) is 0. The first-order valence-corrected chi connectivity index (χ1v) is 7.84. The van der Waals surface area contributed by atoms with Gasteiger partial charge in [-0.3, -0.25) is 0 Å². The molecule has 0 bridgehead atoms. The number of halogens is 1. The number of fused-ring (bicyclic) bond motifs is 2. The third-order valence-electron chi connectivity index (χ3n) is 4.78. The Bertz CT molecular complexity index is 868. The molecule has 2 heteroatoms. The third-order valence-corrected chi connectivity index (χ3v) is 4.78. The van der Waals surface area contributed by atoms with Crippen LogP contribution in [-0.4, -0.2) is 0 Å². The van der Waals surface area contributed by atoms with E-state index in [0.717, 1.165) is 27.4 Å². The molecule has 0 aliphatic carbocycles. The standard InChI is InChI=1S/C21H18FN/c1-21(2)17-10-6-7-11-19(17)23(22)20-13-12-16(14-18(20)21)15-8-4-3-5-9-15/h3-14H,1-2H3. The molecule has 0 fully saturated rings. The van der Waals surface area contributed by atoms with Crippen molar-refractivity contribution in [3.05, 3.63) is 83.9 Å². The van der Waals surface area contributed by atoms with E-state index < -0.39 is 0 Å². The van der Waals surface area contributed by atoms with Crippen molar-refractivity contribution in [1.82, 2.24) is 0 Å². The van der Waals surface area contributed by atoms with E-state index in [1.54, 1.807) is 0 Å². The molecule has 3 aromatic rings. The van der Waals surface area contributed by atoms with Gasteiger partial charge in [0.05, 0.1) is 11.4 Å². The van der Waals surface area contributed by atoms with Gasteiger partial charge in [0, 0.05) is 5.41 Å². The smallest absolute Gasteiger partial charge is 0.0788 e. The van der Waals surface area contributed by atoms with Gasteiger partial charge in [-0.15, -0.1) is 0 Å². The minimum atomic E-state index is -0.237. The monoisotopic (exact) mass is 303 g/mol. The number of hydrogen-bond acceptors (Lipinski definition) is 1. The highest BCUT2D eigenvalue weighted by atomic mass is 19.2. The second-order valence-corrected chi connectivity index (χ2v) is 6.52. The number of para-hydroxylation sites is 1. The second kappa shape index (κ2) is 4.95. The van der Waals surface area contributed by atoms with E-state index in [9.17, 15) is 4.48 Å². The number of anilines is 2. The highest BCUT2D eigenvalue weighted by molar-refractivity contribution is 5.79. The maximum absolute atomic E-state index is 14.9. The maximum atomic E-state index is 14.9. The summed E-state index contributed by atoms with van der Waals surface area (Å²) in [6, 6.07) is 23.9. The van der Waals surface area contributed by atoms with E-state index in [-0.39, 0.29) is 5.41 Å². The number of benzene rings is 3. The van der Waals surface area contributed by atoms with Crippen molar-refractivity contribution in [2.75, 3.05) is 5.12 Å². The average molecular weight is 303 g/mol. The Morgan fingerprint density at radius 3 is 2.13 bits per heavy atom. The summed E-state index contributed by atoms with van der Waals surface area (Å²) < 4.78 is 14.9. The SMILES string of the molecule is CC1(C)c2ccccc2N(F)c2ccc(-c3ccccc3)cc21. The summed E-state index contributed by atoms with van der Waals surface area (Å²) in [4.78, 5) is 0. The molecule has 0 atom stereocenters. The lowest BCUT2D eigenvalue weighted by atomic mass is 9.73. The molecule has 0 saturated carbocycles. The molecular formula is C21H18FN. The van der Waals surface area contributed by atoms with Gasteiger partial charge in [0.15, 0.2) is 0 Å². The normalized spacial score (nSPS) is 15.0. The lowest BCUT2D eigenvalue weighted by Crippen LogP contribution is -2.29. The summed E-state index contributed by atoms with van der Waals surface area (Å²) in [7, 11) is 0. The number of rotatable bonds is 1. The van der Waals surface area contributed by atoms with Crippen LogP contribution < -0.4 is 5.12 Å². The number of nitrogens with zero attached hydrogens (tertiary/aromatic N) is 1. The molecule has 3 aromatic carbocycles. The van der Waals surface area contributed by atoms with Crippen molar-refractivity contribution in [2.45, 2.75) is 19.3 Å². The minimum absolute atomic E-state index is 0.237. The molecule has 0 spiro atoms. The van der Waals surface area contributed by atoms with Crippen LogP contribution in [0.4, 0.5) is 15.9 Å². The maximum Gasteiger partial charge on any atom is 0.0788 e. The van der Waals surface area contributed by atoms with E-state index in [1.165, 1.54) is 0 Å². The Morgan fingerprint density at radius 2 is 1.35 bits per heavy atom. The van der Waals surface area contributed by atoms with Gasteiger partial charge in [-0.05, 0) is 40.5 Å². The molecule has 1 aliphatic heterocycles. The van der Waals surface area contributed by atoms with Crippen LogP contribution in [-0.2, 0) is 5.41 Å². The summed E-state index contributed by atoms with van der Waals surface area (Å²) in [5, 5.41) is 0.810. The first kappa shape index (κ1) is 14.0. The van der Waals surface area contributed by atoms with Crippen LogP contribution in [0.25, 0.3) is 11.1 Å². The Morgan fingerprint density at radius 1 is 0.696 bits per heavy atom. The average Bonchev–Trinajstić information content (AvgIpc) is 2.60. The Kier molecular flexibility index (Phi) is 3.02. The molecule has 114 valence electrons. The molecule has 0 unspecified atom stereocenters. The van der Waals surface area contributed by atoms with Crippen molar-refractivity contribution in [3.63, 3.8) is 0 Å². The fraction of sp³-hybridized carbons (Fsp3) is 0.143. The van der Waals surface area contributed by atoms with Crippen molar-refractivity contribution < 1.29 is 4.48 Å². The van der Waals surface area contributed by atoms with Gasteiger partial charge in [-0.25, -0.2) is 0 Å². The fourth-order valence-corrected chi connectivity index (χ4v) is 3.47. The van der Waals surface area contributed by atoms with E-state index in [4.69, 9.17) is 0 Å². The van der Waals surface area contributed by atoms with Gasteiger partial charge in [0.1, 0.15) is 0 Å². The highest BCUT2D eigenvalue weighted by Crippen LogP contribution is 2.49. The molecule has 0 saturated heterocycles. The molecule has 1 heterocycles. The van der Waals surface area contributed by atoms with Gasteiger partial charge in [0.2, 0.25) is 0 Å². The summed E-state index contributed by atoms with van der Waals surface area (Å²) >= 11 is 0. The van der Waals surface area contributed by atoms with Gasteiger partial charge in [-0.2, -0.15) is 5.12 Å². The van der Waals surface area contributed by atoms with Crippen LogP contribution in [0.5, 0.6) is 0 Å². The zero-order chi connectivity index (χ0) is 16.0. The Hall–Kier alpha value is -2.61. The minimum Gasteiger partial charge on any atom is -0.179 e. The van der Waals surface area contributed by atoms with E-state index in [0.29, 0.717) is 11.4 Å². The molecule has 0 radical (unpaired) electrons. The van der Waals surface area contributed by atoms with Gasteiger partial charge in [0.25, 0.3) is 0 Å². The molecule has 23 heavy (non-hydrogen) atoms. The predicted octanol–water partition coefficient (Wildman–Crippen LogP) is 6.02. The quantitative estimate of drug-likeness (QED) is 0.497. The van der Waals surface area contributed by atoms with Crippen LogP contribution in [0.15, 0.2) is 72.8 Å². The van der Waals surface area contributed by atoms with E-state index in [1.807, 2.05) is 54.6 Å². The zero-order valence-corrected chi connectivity index (χ0v) is 13.3. The molecule has 0 aromatic heterocycles. The molecular weight excluding hydrogens is 285 g/mol. The summed E-state index contributed by atoms with van der Waals surface area (Å²) in [6.07, 6.45) is 0. The molecule has 1 aliphatic rings. The molecule has 0 N–H and O–H groups in total. The first-order chi connectivity index (χ1) is 11.1. The third kappa shape index (κ3) is 2.06. The summed E-state index contributed by atoms with van der Waals surface area (Å²) in [6.45, 7) is 4.32. The lowest BCUT2D eigenvalue weighted by Gasteiger charge is -2.38. The van der Waals surface area contributed by atoms with E-state index >= 15 is 0 Å².